The fourth-order valence-corrected chi connectivity index (χ4v) is 3.75. The Balaban J connectivity index is 1.68. The molecule has 0 saturated carbocycles. The van der Waals surface area contributed by atoms with E-state index in [1.165, 1.54) is 11.1 Å². The maximum Gasteiger partial charge on any atom is 0.162 e. The topological polar surface area (TPSA) is 30.5 Å². The van der Waals surface area contributed by atoms with Crippen LogP contribution in [0.25, 0.3) is 0 Å². The van der Waals surface area contributed by atoms with E-state index in [4.69, 9.17) is 21.1 Å². The summed E-state index contributed by atoms with van der Waals surface area (Å²) >= 11 is 6.22. The Morgan fingerprint density at radius 2 is 1.85 bits per heavy atom. The zero-order chi connectivity index (χ0) is 18.6. The van der Waals surface area contributed by atoms with Gasteiger partial charge in [-0.15, -0.1) is 0 Å². The minimum atomic E-state index is 0.0948. The molecule has 1 aliphatic heterocycles. The maximum absolute atomic E-state index is 6.22. The molecule has 4 rings (SSSR count). The molecule has 1 unspecified atom stereocenters. The van der Waals surface area contributed by atoms with Crippen LogP contribution in [0, 0.1) is 0 Å². The predicted molar refractivity (Wildman–Crippen MR) is 109 cm³/mol. The molecule has 0 spiro atoms. The number of benzene rings is 3. The summed E-state index contributed by atoms with van der Waals surface area (Å²) in [6.07, 6.45) is 0.960. The monoisotopic (exact) mass is 379 g/mol. The first-order chi connectivity index (χ1) is 13.2. The summed E-state index contributed by atoms with van der Waals surface area (Å²) in [6, 6.07) is 22.5. The summed E-state index contributed by atoms with van der Waals surface area (Å²) in [4.78, 5) is 0. The molecule has 0 saturated heterocycles. The normalized spacial score (nSPS) is 15.9. The Morgan fingerprint density at radius 3 is 2.63 bits per heavy atom. The van der Waals surface area contributed by atoms with Crippen molar-refractivity contribution in [1.29, 1.82) is 0 Å². The molecule has 0 amide bonds. The van der Waals surface area contributed by atoms with Gasteiger partial charge in [0.15, 0.2) is 11.5 Å². The molecule has 1 atom stereocenters. The van der Waals surface area contributed by atoms with Crippen LogP contribution in [0.15, 0.2) is 66.7 Å². The maximum atomic E-state index is 6.22. The van der Waals surface area contributed by atoms with E-state index in [-0.39, 0.29) is 6.04 Å². The van der Waals surface area contributed by atoms with E-state index < -0.39 is 0 Å². The van der Waals surface area contributed by atoms with E-state index in [1.54, 1.807) is 7.11 Å². The third-order valence-corrected chi connectivity index (χ3v) is 5.13. The Kier molecular flexibility index (Phi) is 5.33. The van der Waals surface area contributed by atoms with Crippen LogP contribution in [0.2, 0.25) is 5.02 Å². The first-order valence-electron chi connectivity index (χ1n) is 9.11. The van der Waals surface area contributed by atoms with E-state index in [1.807, 2.05) is 36.4 Å². The summed E-state index contributed by atoms with van der Waals surface area (Å²) in [5.74, 6) is 1.53. The molecule has 3 aromatic rings. The van der Waals surface area contributed by atoms with Crippen molar-refractivity contribution in [1.82, 2.24) is 5.32 Å². The Labute approximate surface area is 164 Å². The van der Waals surface area contributed by atoms with Crippen LogP contribution in [0.1, 0.15) is 28.3 Å². The zero-order valence-electron chi connectivity index (χ0n) is 15.2. The van der Waals surface area contributed by atoms with E-state index in [0.29, 0.717) is 6.61 Å². The molecule has 1 heterocycles. The van der Waals surface area contributed by atoms with Gasteiger partial charge in [0.25, 0.3) is 0 Å². The highest BCUT2D eigenvalue weighted by molar-refractivity contribution is 6.30. The van der Waals surface area contributed by atoms with Crippen molar-refractivity contribution in [2.75, 3.05) is 13.7 Å². The van der Waals surface area contributed by atoms with Crippen LogP contribution in [-0.2, 0) is 13.0 Å². The highest BCUT2D eigenvalue weighted by atomic mass is 35.5. The second-order valence-corrected chi connectivity index (χ2v) is 7.10. The van der Waals surface area contributed by atoms with Crippen LogP contribution in [0.5, 0.6) is 11.5 Å². The molecule has 3 aromatic carbocycles. The smallest absolute Gasteiger partial charge is 0.162 e. The molecule has 27 heavy (non-hydrogen) atoms. The van der Waals surface area contributed by atoms with Gasteiger partial charge in [-0.25, -0.2) is 0 Å². The lowest BCUT2D eigenvalue weighted by Gasteiger charge is -2.29. The number of hydrogen-bond acceptors (Lipinski definition) is 3. The van der Waals surface area contributed by atoms with Crippen LogP contribution < -0.4 is 14.8 Å². The van der Waals surface area contributed by atoms with Gasteiger partial charge < -0.3 is 14.8 Å². The van der Waals surface area contributed by atoms with Gasteiger partial charge >= 0.3 is 0 Å². The van der Waals surface area contributed by atoms with Crippen molar-refractivity contribution in [3.63, 3.8) is 0 Å². The Morgan fingerprint density at radius 1 is 1.00 bits per heavy atom. The van der Waals surface area contributed by atoms with Crippen LogP contribution in [0.4, 0.5) is 0 Å². The van der Waals surface area contributed by atoms with Crippen molar-refractivity contribution in [3.8, 4) is 11.5 Å². The number of nitrogens with one attached hydrogen (secondary N) is 1. The molecule has 1 aliphatic rings. The van der Waals surface area contributed by atoms with E-state index in [9.17, 15) is 0 Å². The standard InChI is InChI=1S/C23H22ClNO2/c1-26-21-13-17-10-11-25-23(18-8-5-9-19(24)12-18)20(17)14-22(21)27-15-16-6-3-2-4-7-16/h2-9,12-14,23,25H,10-11,15H2,1H3. The first-order valence-corrected chi connectivity index (χ1v) is 9.49. The first kappa shape index (κ1) is 17.9. The highest BCUT2D eigenvalue weighted by Crippen LogP contribution is 2.38. The molecule has 0 bridgehead atoms. The molecule has 1 N–H and O–H groups in total. The van der Waals surface area contributed by atoms with Crippen molar-refractivity contribution in [3.05, 3.63) is 94.0 Å². The molecular weight excluding hydrogens is 358 g/mol. The average molecular weight is 380 g/mol. The van der Waals surface area contributed by atoms with Gasteiger partial charge in [-0.2, -0.15) is 0 Å². The fraction of sp³-hybridized carbons (Fsp3) is 0.217. The van der Waals surface area contributed by atoms with Crippen molar-refractivity contribution < 1.29 is 9.47 Å². The Bertz CT molecular complexity index is 927. The lowest BCUT2D eigenvalue weighted by molar-refractivity contribution is 0.283. The van der Waals surface area contributed by atoms with Gasteiger partial charge in [-0.05, 0) is 52.9 Å². The molecular formula is C23H22ClNO2. The quantitative estimate of drug-likeness (QED) is 0.664. The molecule has 0 radical (unpaired) electrons. The van der Waals surface area contributed by atoms with E-state index in [0.717, 1.165) is 40.6 Å². The molecule has 138 valence electrons. The summed E-state index contributed by atoms with van der Waals surface area (Å²) in [5.41, 5.74) is 4.78. The summed E-state index contributed by atoms with van der Waals surface area (Å²) in [6.45, 7) is 1.42. The van der Waals surface area contributed by atoms with Gasteiger partial charge in [0, 0.05) is 11.6 Å². The lowest BCUT2D eigenvalue weighted by atomic mass is 9.89. The van der Waals surface area contributed by atoms with Crippen LogP contribution in [-0.4, -0.2) is 13.7 Å². The molecule has 0 aromatic heterocycles. The fourth-order valence-electron chi connectivity index (χ4n) is 3.56. The van der Waals surface area contributed by atoms with Crippen LogP contribution >= 0.6 is 11.6 Å². The molecule has 0 fully saturated rings. The minimum absolute atomic E-state index is 0.0948. The summed E-state index contributed by atoms with van der Waals surface area (Å²) < 4.78 is 11.7. The lowest BCUT2D eigenvalue weighted by Crippen LogP contribution is -2.30. The van der Waals surface area contributed by atoms with Gasteiger partial charge in [0.1, 0.15) is 6.61 Å². The molecule has 0 aliphatic carbocycles. The SMILES string of the molecule is COc1cc2c(cc1OCc1ccccc1)C(c1cccc(Cl)c1)NCC2. The van der Waals surface area contributed by atoms with Gasteiger partial charge in [-0.3, -0.25) is 0 Å². The molecule has 4 heteroatoms. The van der Waals surface area contributed by atoms with Gasteiger partial charge in [0.2, 0.25) is 0 Å². The third-order valence-electron chi connectivity index (χ3n) is 4.90. The second-order valence-electron chi connectivity index (χ2n) is 6.67. The third kappa shape index (κ3) is 3.95. The largest absolute Gasteiger partial charge is 0.493 e. The zero-order valence-corrected chi connectivity index (χ0v) is 16.0. The Hall–Kier alpha value is -2.49. The number of fused-ring (bicyclic) bond motifs is 1. The van der Waals surface area contributed by atoms with Gasteiger partial charge in [0.05, 0.1) is 13.2 Å². The number of halogens is 1. The molecule has 3 nitrogen and oxygen atoms in total. The number of ether oxygens (including phenoxy) is 2. The van der Waals surface area contributed by atoms with E-state index in [2.05, 4.69) is 35.6 Å². The second kappa shape index (κ2) is 8.03. The highest BCUT2D eigenvalue weighted by Gasteiger charge is 2.24. The average Bonchev–Trinajstić information content (AvgIpc) is 2.71. The number of rotatable bonds is 5. The van der Waals surface area contributed by atoms with Crippen molar-refractivity contribution in [2.24, 2.45) is 0 Å². The van der Waals surface area contributed by atoms with Crippen LogP contribution in [0.3, 0.4) is 0 Å². The summed E-state index contributed by atoms with van der Waals surface area (Å²) in [7, 11) is 1.69. The predicted octanol–water partition coefficient (Wildman–Crippen LogP) is 5.16. The van der Waals surface area contributed by atoms with Crippen molar-refractivity contribution in [2.45, 2.75) is 19.1 Å². The van der Waals surface area contributed by atoms with Crippen molar-refractivity contribution >= 4 is 11.6 Å². The van der Waals surface area contributed by atoms with E-state index >= 15 is 0 Å². The summed E-state index contributed by atoms with van der Waals surface area (Å²) in [5, 5.41) is 4.35. The van der Waals surface area contributed by atoms with Gasteiger partial charge in [-0.1, -0.05) is 54.1 Å². The minimum Gasteiger partial charge on any atom is -0.493 e. The number of hydrogen-bond donors (Lipinski definition) is 1. The number of methoxy groups -OCH3 is 1.